The molecule has 0 saturated carbocycles. The van der Waals surface area contributed by atoms with Crippen molar-refractivity contribution in [1.82, 2.24) is 15.1 Å². The van der Waals surface area contributed by atoms with Crippen molar-refractivity contribution in [2.24, 2.45) is 17.8 Å². The third-order valence-corrected chi connectivity index (χ3v) is 6.70. The van der Waals surface area contributed by atoms with Gasteiger partial charge in [-0.2, -0.15) is 0 Å². The van der Waals surface area contributed by atoms with E-state index in [9.17, 15) is 14.4 Å². The number of nitrogens with zero attached hydrogens (tertiary/aromatic N) is 2. The first kappa shape index (κ1) is 23.6. The van der Waals surface area contributed by atoms with E-state index < -0.39 is 6.04 Å². The van der Waals surface area contributed by atoms with Gasteiger partial charge in [0, 0.05) is 42.7 Å². The number of amides is 3. The third-order valence-electron chi connectivity index (χ3n) is 6.45. The van der Waals surface area contributed by atoms with E-state index in [2.05, 4.69) is 12.2 Å². The van der Waals surface area contributed by atoms with Gasteiger partial charge in [-0.1, -0.05) is 32.4 Å². The highest BCUT2D eigenvalue weighted by molar-refractivity contribution is 6.30. The molecule has 0 aliphatic carbocycles. The molecule has 0 spiro atoms. The lowest BCUT2D eigenvalue weighted by atomic mass is 9.92. The van der Waals surface area contributed by atoms with Crippen molar-refractivity contribution in [2.75, 3.05) is 26.2 Å². The first-order valence-electron chi connectivity index (χ1n) is 11.4. The SMILES string of the molecule is CC1CCCN(C(=O)C2CCN(C(=O)C(NC(=O)c3ccc(Cl)cc3)C(C)C)CC2)C1. The van der Waals surface area contributed by atoms with Gasteiger partial charge >= 0.3 is 0 Å². The van der Waals surface area contributed by atoms with Gasteiger partial charge in [0.15, 0.2) is 0 Å². The molecular weight excluding hydrogens is 414 g/mol. The van der Waals surface area contributed by atoms with Crippen LogP contribution in [0.4, 0.5) is 0 Å². The van der Waals surface area contributed by atoms with Crippen LogP contribution in [0.15, 0.2) is 24.3 Å². The fraction of sp³-hybridized carbons (Fsp3) is 0.625. The van der Waals surface area contributed by atoms with Gasteiger partial charge in [-0.05, 0) is 61.8 Å². The molecule has 3 amide bonds. The van der Waals surface area contributed by atoms with Crippen molar-refractivity contribution in [3.05, 3.63) is 34.9 Å². The summed E-state index contributed by atoms with van der Waals surface area (Å²) in [6, 6.07) is 6.02. The number of carbonyl (C=O) groups excluding carboxylic acids is 3. The van der Waals surface area contributed by atoms with Crippen LogP contribution in [0.5, 0.6) is 0 Å². The van der Waals surface area contributed by atoms with Gasteiger partial charge < -0.3 is 15.1 Å². The monoisotopic (exact) mass is 447 g/mol. The maximum absolute atomic E-state index is 13.2. The van der Waals surface area contributed by atoms with E-state index in [1.54, 1.807) is 29.2 Å². The molecule has 170 valence electrons. The molecule has 2 heterocycles. The normalized spacial score (nSPS) is 21.1. The van der Waals surface area contributed by atoms with Gasteiger partial charge in [-0.25, -0.2) is 0 Å². The molecule has 31 heavy (non-hydrogen) atoms. The Morgan fingerprint density at radius 1 is 1.00 bits per heavy atom. The molecule has 3 rings (SSSR count). The first-order valence-corrected chi connectivity index (χ1v) is 11.8. The van der Waals surface area contributed by atoms with Gasteiger partial charge in [0.2, 0.25) is 11.8 Å². The maximum Gasteiger partial charge on any atom is 0.251 e. The number of halogens is 1. The van der Waals surface area contributed by atoms with Crippen LogP contribution in [-0.4, -0.2) is 59.7 Å². The largest absolute Gasteiger partial charge is 0.342 e. The van der Waals surface area contributed by atoms with Crippen molar-refractivity contribution in [3.8, 4) is 0 Å². The molecule has 2 aliphatic rings. The van der Waals surface area contributed by atoms with E-state index in [1.807, 2.05) is 18.7 Å². The summed E-state index contributed by atoms with van der Waals surface area (Å²) in [6.07, 6.45) is 3.64. The molecule has 1 aromatic carbocycles. The Morgan fingerprint density at radius 2 is 1.65 bits per heavy atom. The van der Waals surface area contributed by atoms with Gasteiger partial charge in [0.1, 0.15) is 6.04 Å². The van der Waals surface area contributed by atoms with Crippen molar-refractivity contribution in [1.29, 1.82) is 0 Å². The number of hydrogen-bond donors (Lipinski definition) is 1. The third kappa shape index (κ3) is 6.00. The molecule has 2 fully saturated rings. The smallest absolute Gasteiger partial charge is 0.251 e. The highest BCUT2D eigenvalue weighted by Gasteiger charge is 2.35. The van der Waals surface area contributed by atoms with Crippen LogP contribution < -0.4 is 5.32 Å². The van der Waals surface area contributed by atoms with E-state index in [-0.39, 0.29) is 29.6 Å². The summed E-state index contributed by atoms with van der Waals surface area (Å²) in [5.41, 5.74) is 0.475. The number of nitrogens with one attached hydrogen (secondary N) is 1. The number of benzene rings is 1. The van der Waals surface area contributed by atoms with E-state index in [0.29, 0.717) is 42.4 Å². The van der Waals surface area contributed by atoms with Crippen LogP contribution in [0.2, 0.25) is 5.02 Å². The zero-order valence-electron chi connectivity index (χ0n) is 18.8. The molecule has 0 aromatic heterocycles. The van der Waals surface area contributed by atoms with E-state index >= 15 is 0 Å². The van der Waals surface area contributed by atoms with Crippen LogP contribution >= 0.6 is 11.6 Å². The van der Waals surface area contributed by atoms with E-state index in [4.69, 9.17) is 11.6 Å². The molecule has 6 nitrogen and oxygen atoms in total. The summed E-state index contributed by atoms with van der Waals surface area (Å²) in [4.78, 5) is 42.5. The van der Waals surface area contributed by atoms with Gasteiger partial charge in [-0.3, -0.25) is 14.4 Å². The average molecular weight is 448 g/mol. The number of likely N-dealkylation sites (tertiary alicyclic amines) is 2. The molecule has 2 atom stereocenters. The molecule has 0 bridgehead atoms. The summed E-state index contributed by atoms with van der Waals surface area (Å²) in [5.74, 6) is 0.404. The minimum Gasteiger partial charge on any atom is -0.342 e. The molecule has 2 unspecified atom stereocenters. The highest BCUT2D eigenvalue weighted by Crippen LogP contribution is 2.24. The van der Waals surface area contributed by atoms with Gasteiger partial charge in [0.25, 0.3) is 5.91 Å². The predicted molar refractivity (Wildman–Crippen MR) is 122 cm³/mol. The Labute approximate surface area is 190 Å². The Bertz CT molecular complexity index is 788. The highest BCUT2D eigenvalue weighted by atomic mass is 35.5. The summed E-state index contributed by atoms with van der Waals surface area (Å²) in [6.45, 7) is 8.87. The summed E-state index contributed by atoms with van der Waals surface area (Å²) in [7, 11) is 0. The van der Waals surface area contributed by atoms with Crippen molar-refractivity contribution < 1.29 is 14.4 Å². The zero-order chi connectivity index (χ0) is 22.5. The van der Waals surface area contributed by atoms with Crippen LogP contribution in [0.1, 0.15) is 56.8 Å². The average Bonchev–Trinajstić information content (AvgIpc) is 2.76. The molecular formula is C24H34ClN3O3. The summed E-state index contributed by atoms with van der Waals surface area (Å²) < 4.78 is 0. The minimum atomic E-state index is -0.599. The fourth-order valence-electron chi connectivity index (χ4n) is 4.53. The Kier molecular flexibility index (Phi) is 7.98. The Morgan fingerprint density at radius 3 is 2.23 bits per heavy atom. The second-order valence-corrected chi connectivity index (χ2v) is 9.77. The first-order chi connectivity index (χ1) is 14.8. The van der Waals surface area contributed by atoms with Crippen LogP contribution in [0.3, 0.4) is 0 Å². The van der Waals surface area contributed by atoms with Crippen molar-refractivity contribution in [2.45, 2.75) is 52.5 Å². The topological polar surface area (TPSA) is 69.7 Å². The lowest BCUT2D eigenvalue weighted by Gasteiger charge is -2.38. The fourth-order valence-corrected chi connectivity index (χ4v) is 4.66. The molecule has 1 aromatic rings. The van der Waals surface area contributed by atoms with E-state index in [1.165, 1.54) is 6.42 Å². The predicted octanol–water partition coefficient (Wildman–Crippen LogP) is 3.59. The second-order valence-electron chi connectivity index (χ2n) is 9.33. The lowest BCUT2D eigenvalue weighted by Crippen LogP contribution is -2.54. The van der Waals surface area contributed by atoms with Crippen molar-refractivity contribution in [3.63, 3.8) is 0 Å². The Balaban J connectivity index is 1.56. The molecule has 1 N–H and O–H groups in total. The van der Waals surface area contributed by atoms with Gasteiger partial charge in [-0.15, -0.1) is 0 Å². The van der Waals surface area contributed by atoms with Crippen LogP contribution in [0, 0.1) is 17.8 Å². The summed E-state index contributed by atoms with van der Waals surface area (Å²) in [5, 5.41) is 3.45. The number of carbonyl (C=O) groups is 3. The van der Waals surface area contributed by atoms with Crippen LogP contribution in [-0.2, 0) is 9.59 Å². The zero-order valence-corrected chi connectivity index (χ0v) is 19.5. The lowest BCUT2D eigenvalue weighted by molar-refractivity contribution is -0.143. The maximum atomic E-state index is 13.2. The summed E-state index contributed by atoms with van der Waals surface area (Å²) >= 11 is 5.90. The standard InChI is InChI=1S/C24H34ClN3O3/c1-16(2)21(26-22(29)18-6-8-20(25)9-7-18)24(31)27-13-10-19(11-14-27)23(30)28-12-4-5-17(3)15-28/h6-9,16-17,19,21H,4-5,10-15H2,1-3H3,(H,26,29). The molecule has 7 heteroatoms. The number of piperidine rings is 2. The minimum absolute atomic E-state index is 0.00416. The molecule has 2 saturated heterocycles. The Hall–Kier alpha value is -2.08. The molecule has 2 aliphatic heterocycles. The molecule has 0 radical (unpaired) electrons. The second kappa shape index (κ2) is 10.5. The van der Waals surface area contributed by atoms with Crippen molar-refractivity contribution >= 4 is 29.3 Å². The van der Waals surface area contributed by atoms with Crippen LogP contribution in [0.25, 0.3) is 0 Å². The van der Waals surface area contributed by atoms with Gasteiger partial charge in [0.05, 0.1) is 0 Å². The number of rotatable bonds is 5. The van der Waals surface area contributed by atoms with E-state index in [0.717, 1.165) is 19.5 Å². The number of hydrogen-bond acceptors (Lipinski definition) is 3. The quantitative estimate of drug-likeness (QED) is 0.749.